The number of nitrogens with zero attached hydrogens (tertiary/aromatic N) is 3. The van der Waals surface area contributed by atoms with E-state index in [2.05, 4.69) is 28.6 Å². The van der Waals surface area contributed by atoms with Crippen molar-refractivity contribution in [2.24, 2.45) is 5.92 Å². The summed E-state index contributed by atoms with van der Waals surface area (Å²) in [5, 5.41) is 1.13. The fourth-order valence-corrected chi connectivity index (χ4v) is 3.50. The van der Waals surface area contributed by atoms with Crippen LogP contribution < -0.4 is 5.73 Å². The Morgan fingerprint density at radius 3 is 2.96 bits per heavy atom. The molecule has 5 heteroatoms. The summed E-state index contributed by atoms with van der Waals surface area (Å²) in [6, 6.07) is 8.18. The van der Waals surface area contributed by atoms with Crippen LogP contribution in [0, 0.1) is 5.92 Å². The number of rotatable bonds is 4. The smallest absolute Gasteiger partial charge is 0.152 e. The lowest BCUT2D eigenvalue weighted by Gasteiger charge is -2.14. The molecule has 1 aliphatic rings. The fourth-order valence-electron chi connectivity index (χ4n) is 3.50. The number of hydrogen-bond acceptors (Lipinski definition) is 4. The number of aryl methyl sites for hydroxylation is 1. The van der Waals surface area contributed by atoms with Gasteiger partial charge in [0.15, 0.2) is 5.82 Å². The van der Waals surface area contributed by atoms with Crippen LogP contribution in [0.15, 0.2) is 24.3 Å². The Hall–Kier alpha value is -2.14. The first-order valence-electron chi connectivity index (χ1n) is 8.39. The van der Waals surface area contributed by atoms with Gasteiger partial charge in [-0.2, -0.15) is 0 Å². The van der Waals surface area contributed by atoms with E-state index < -0.39 is 0 Å². The average molecular weight is 310 g/mol. The summed E-state index contributed by atoms with van der Waals surface area (Å²) in [6.45, 7) is 4.83. The molecule has 2 aromatic heterocycles. The molecule has 1 fully saturated rings. The van der Waals surface area contributed by atoms with E-state index in [-0.39, 0.29) is 0 Å². The van der Waals surface area contributed by atoms with Gasteiger partial charge >= 0.3 is 0 Å². The Labute approximate surface area is 135 Å². The molecule has 120 valence electrons. The normalized spacial score (nSPS) is 18.2. The summed E-state index contributed by atoms with van der Waals surface area (Å²) in [5.41, 5.74) is 9.10. The van der Waals surface area contributed by atoms with Crippen LogP contribution in [-0.2, 0) is 17.7 Å². The Bertz CT molecular complexity index is 849. The van der Waals surface area contributed by atoms with Crippen molar-refractivity contribution in [2.75, 3.05) is 18.9 Å². The Morgan fingerprint density at radius 1 is 1.30 bits per heavy atom. The molecule has 1 atom stereocenters. The second kappa shape index (κ2) is 5.81. The Balaban J connectivity index is 1.96. The first-order valence-corrected chi connectivity index (χ1v) is 8.39. The van der Waals surface area contributed by atoms with Crippen molar-refractivity contribution in [1.29, 1.82) is 0 Å². The van der Waals surface area contributed by atoms with E-state index >= 15 is 0 Å². The zero-order valence-electron chi connectivity index (χ0n) is 13.5. The minimum Gasteiger partial charge on any atom is -0.382 e. The predicted octanol–water partition coefficient (Wildman–Crippen LogP) is 3.16. The molecule has 1 saturated heterocycles. The first-order chi connectivity index (χ1) is 11.3. The van der Waals surface area contributed by atoms with Crippen molar-refractivity contribution < 1.29 is 4.74 Å². The van der Waals surface area contributed by atoms with Crippen LogP contribution in [0.25, 0.3) is 21.9 Å². The third kappa shape index (κ3) is 2.45. The maximum Gasteiger partial charge on any atom is 0.152 e. The van der Waals surface area contributed by atoms with Crippen LogP contribution in [0.4, 0.5) is 5.82 Å². The molecule has 2 N–H and O–H groups in total. The van der Waals surface area contributed by atoms with E-state index in [1.54, 1.807) is 0 Å². The van der Waals surface area contributed by atoms with Crippen molar-refractivity contribution >= 4 is 27.8 Å². The van der Waals surface area contributed by atoms with Crippen molar-refractivity contribution in [3.63, 3.8) is 0 Å². The number of aromatic nitrogens is 3. The molecule has 3 heterocycles. The van der Waals surface area contributed by atoms with Crippen LogP contribution in [0.2, 0.25) is 0 Å². The van der Waals surface area contributed by atoms with Gasteiger partial charge in [0.25, 0.3) is 0 Å². The van der Waals surface area contributed by atoms with Crippen molar-refractivity contribution in [3.8, 4) is 0 Å². The van der Waals surface area contributed by atoms with Gasteiger partial charge in [0.2, 0.25) is 0 Å². The number of ether oxygens (including phenoxy) is 1. The molecule has 4 rings (SSSR count). The molecular weight excluding hydrogens is 288 g/mol. The summed E-state index contributed by atoms with van der Waals surface area (Å²) in [7, 11) is 0. The van der Waals surface area contributed by atoms with Gasteiger partial charge < -0.3 is 15.0 Å². The molecule has 5 nitrogen and oxygen atoms in total. The highest BCUT2D eigenvalue weighted by atomic mass is 16.5. The summed E-state index contributed by atoms with van der Waals surface area (Å²) in [4.78, 5) is 9.36. The average Bonchev–Trinajstić information content (AvgIpc) is 3.18. The van der Waals surface area contributed by atoms with Crippen molar-refractivity contribution in [2.45, 2.75) is 32.7 Å². The maximum absolute atomic E-state index is 6.20. The predicted molar refractivity (Wildman–Crippen MR) is 92.4 cm³/mol. The quantitative estimate of drug-likeness (QED) is 0.804. The second-order valence-electron chi connectivity index (χ2n) is 6.33. The third-order valence-corrected chi connectivity index (χ3v) is 4.63. The number of anilines is 1. The third-order valence-electron chi connectivity index (χ3n) is 4.63. The number of nitrogens with two attached hydrogens (primary N) is 1. The lowest BCUT2D eigenvalue weighted by molar-refractivity contribution is 0.182. The lowest BCUT2D eigenvalue weighted by Crippen LogP contribution is -2.13. The lowest BCUT2D eigenvalue weighted by atomic mass is 10.1. The summed E-state index contributed by atoms with van der Waals surface area (Å²) in [6.07, 6.45) is 3.13. The molecule has 0 radical (unpaired) electrons. The highest BCUT2D eigenvalue weighted by Gasteiger charge is 2.22. The van der Waals surface area contributed by atoms with Gasteiger partial charge in [-0.1, -0.05) is 25.1 Å². The molecule has 0 bridgehead atoms. The van der Waals surface area contributed by atoms with Crippen molar-refractivity contribution in [1.82, 2.24) is 14.5 Å². The minimum absolute atomic E-state index is 0.525. The van der Waals surface area contributed by atoms with Gasteiger partial charge in [-0.25, -0.2) is 9.97 Å². The SMILES string of the molecule is CCCc1nc2c(N)nc3ccccc3c2n1CC1CCOC1. The molecule has 0 aliphatic carbocycles. The number of imidazole rings is 1. The summed E-state index contributed by atoms with van der Waals surface area (Å²) in [5.74, 6) is 2.19. The highest BCUT2D eigenvalue weighted by Crippen LogP contribution is 2.30. The van der Waals surface area contributed by atoms with Gasteiger partial charge in [0.05, 0.1) is 17.6 Å². The fraction of sp³-hybridized carbons (Fsp3) is 0.444. The largest absolute Gasteiger partial charge is 0.382 e. The first kappa shape index (κ1) is 14.5. The van der Waals surface area contributed by atoms with E-state index in [1.165, 1.54) is 0 Å². The van der Waals surface area contributed by atoms with E-state index in [9.17, 15) is 0 Å². The zero-order valence-corrected chi connectivity index (χ0v) is 13.5. The van der Waals surface area contributed by atoms with E-state index in [0.717, 1.165) is 66.8 Å². The van der Waals surface area contributed by atoms with Crippen LogP contribution >= 0.6 is 0 Å². The van der Waals surface area contributed by atoms with E-state index in [1.807, 2.05) is 12.1 Å². The number of benzene rings is 1. The number of para-hydroxylation sites is 1. The number of fused-ring (bicyclic) bond motifs is 3. The van der Waals surface area contributed by atoms with Crippen molar-refractivity contribution in [3.05, 3.63) is 30.1 Å². The molecular formula is C18H22N4O. The second-order valence-corrected chi connectivity index (χ2v) is 6.33. The zero-order chi connectivity index (χ0) is 15.8. The van der Waals surface area contributed by atoms with Crippen LogP contribution in [0.3, 0.4) is 0 Å². The Kier molecular flexibility index (Phi) is 3.65. The molecule has 0 amide bonds. The maximum atomic E-state index is 6.20. The van der Waals surface area contributed by atoms with Gasteiger partial charge in [-0.3, -0.25) is 0 Å². The van der Waals surface area contributed by atoms with Crippen LogP contribution in [0.5, 0.6) is 0 Å². The number of pyridine rings is 1. The molecule has 3 aromatic rings. The van der Waals surface area contributed by atoms with Crippen LogP contribution in [-0.4, -0.2) is 27.7 Å². The van der Waals surface area contributed by atoms with Gasteiger partial charge in [0.1, 0.15) is 11.3 Å². The topological polar surface area (TPSA) is 66.0 Å². The Morgan fingerprint density at radius 2 is 2.17 bits per heavy atom. The molecule has 1 aromatic carbocycles. The monoisotopic (exact) mass is 310 g/mol. The number of nitrogen functional groups attached to an aromatic ring is 1. The molecule has 23 heavy (non-hydrogen) atoms. The summed E-state index contributed by atoms with van der Waals surface area (Å²) < 4.78 is 7.92. The molecule has 0 saturated carbocycles. The standard InChI is InChI=1S/C18H22N4O/c1-2-5-15-21-16-17(22(15)10-12-8-9-23-11-12)13-6-3-4-7-14(13)20-18(16)19/h3-4,6-7,12H,2,5,8-11H2,1H3,(H2,19,20). The number of hydrogen-bond donors (Lipinski definition) is 1. The molecule has 0 spiro atoms. The van der Waals surface area contributed by atoms with Gasteiger partial charge in [-0.15, -0.1) is 0 Å². The van der Waals surface area contributed by atoms with E-state index in [0.29, 0.717) is 11.7 Å². The van der Waals surface area contributed by atoms with Crippen LogP contribution in [0.1, 0.15) is 25.6 Å². The molecule has 1 aliphatic heterocycles. The van der Waals surface area contributed by atoms with E-state index in [4.69, 9.17) is 15.5 Å². The summed E-state index contributed by atoms with van der Waals surface area (Å²) >= 11 is 0. The van der Waals surface area contributed by atoms with Gasteiger partial charge in [-0.05, 0) is 18.9 Å². The van der Waals surface area contributed by atoms with Gasteiger partial charge in [0, 0.05) is 30.9 Å². The molecule has 1 unspecified atom stereocenters. The minimum atomic E-state index is 0.525. The highest BCUT2D eigenvalue weighted by molar-refractivity contribution is 6.06.